The number of benzene rings is 3. The lowest BCUT2D eigenvalue weighted by molar-refractivity contribution is -0.137. The van der Waals surface area contributed by atoms with Gasteiger partial charge in [0.05, 0.1) is 11.0 Å². The van der Waals surface area contributed by atoms with E-state index in [0.717, 1.165) is 27.2 Å². The van der Waals surface area contributed by atoms with Gasteiger partial charge in [-0.05, 0) is 59.4 Å². The molecule has 3 aromatic rings. The number of hydrogen-bond acceptors (Lipinski definition) is 1. The molecule has 1 nitrogen and oxygen atoms in total. The second-order valence-corrected chi connectivity index (χ2v) is 9.38. The van der Waals surface area contributed by atoms with Gasteiger partial charge in [0.1, 0.15) is 11.5 Å². The monoisotopic (exact) mass is 458 g/mol. The predicted octanol–water partition coefficient (Wildman–Crippen LogP) is 7.59. The Labute approximate surface area is 175 Å². The van der Waals surface area contributed by atoms with E-state index in [2.05, 4.69) is 35.8 Å². The molecule has 0 bridgehead atoms. The van der Waals surface area contributed by atoms with Crippen molar-refractivity contribution in [3.05, 3.63) is 93.0 Å². The maximum atomic E-state index is 13.6. The summed E-state index contributed by atoms with van der Waals surface area (Å²) in [6.07, 6.45) is -3.75. The topological polar surface area (TPSA) is 9.23 Å². The van der Waals surface area contributed by atoms with Crippen molar-refractivity contribution in [2.24, 2.45) is 0 Å². The molecule has 1 unspecified atom stereocenters. The van der Waals surface area contributed by atoms with E-state index in [4.69, 9.17) is 4.74 Å². The molecule has 0 aromatic heterocycles. The van der Waals surface area contributed by atoms with Crippen molar-refractivity contribution >= 4 is 15.9 Å². The lowest BCUT2D eigenvalue weighted by Crippen LogP contribution is -2.32. The fourth-order valence-electron chi connectivity index (χ4n) is 5.10. The number of fused-ring (bicyclic) bond motifs is 6. The maximum Gasteiger partial charge on any atom is 0.416 e. The number of hydrogen-bond donors (Lipinski definition) is 0. The molecule has 0 amide bonds. The van der Waals surface area contributed by atoms with Crippen LogP contribution in [-0.4, -0.2) is 0 Å². The van der Waals surface area contributed by atoms with E-state index < -0.39 is 17.2 Å². The summed E-state index contributed by atoms with van der Waals surface area (Å²) < 4.78 is 47.7. The lowest BCUT2D eigenvalue weighted by Gasteiger charge is -2.39. The molecule has 1 aliphatic heterocycles. The van der Waals surface area contributed by atoms with Crippen LogP contribution < -0.4 is 4.74 Å². The third-order valence-electron chi connectivity index (χ3n) is 6.21. The Kier molecular flexibility index (Phi) is 3.80. The second kappa shape index (κ2) is 5.88. The lowest BCUT2D eigenvalue weighted by atomic mass is 9.67. The van der Waals surface area contributed by atoms with Gasteiger partial charge < -0.3 is 4.74 Å². The molecule has 5 heteroatoms. The van der Waals surface area contributed by atoms with E-state index in [0.29, 0.717) is 23.5 Å². The zero-order chi connectivity index (χ0) is 20.6. The molecule has 0 fully saturated rings. The molecule has 0 saturated heterocycles. The molecule has 1 heterocycles. The van der Waals surface area contributed by atoms with Gasteiger partial charge in [-0.2, -0.15) is 13.2 Å². The van der Waals surface area contributed by atoms with Gasteiger partial charge in [0, 0.05) is 15.6 Å². The van der Waals surface area contributed by atoms with Crippen molar-refractivity contribution in [2.45, 2.75) is 37.3 Å². The number of halogens is 4. The summed E-state index contributed by atoms with van der Waals surface area (Å²) >= 11 is 3.54. The molecule has 1 aliphatic carbocycles. The summed E-state index contributed by atoms with van der Waals surface area (Å²) in [6, 6.07) is 17.7. The molecule has 2 aliphatic rings. The van der Waals surface area contributed by atoms with Crippen LogP contribution in [0.3, 0.4) is 0 Å². The van der Waals surface area contributed by atoms with Gasteiger partial charge in [0.15, 0.2) is 0 Å². The second-order valence-electron chi connectivity index (χ2n) is 8.46. The third kappa shape index (κ3) is 2.59. The predicted molar refractivity (Wildman–Crippen MR) is 110 cm³/mol. The number of ether oxygens (including phenoxy) is 1. The quantitative estimate of drug-likeness (QED) is 0.337. The average molecular weight is 459 g/mol. The van der Waals surface area contributed by atoms with Crippen LogP contribution in [0.4, 0.5) is 13.2 Å². The van der Waals surface area contributed by atoms with Crippen LogP contribution in [0.2, 0.25) is 0 Å². The van der Waals surface area contributed by atoms with E-state index >= 15 is 0 Å². The minimum Gasteiger partial charge on any atom is -0.457 e. The van der Waals surface area contributed by atoms with Gasteiger partial charge in [-0.15, -0.1) is 0 Å². The first kappa shape index (κ1) is 18.7. The van der Waals surface area contributed by atoms with Crippen molar-refractivity contribution in [1.29, 1.82) is 0 Å². The Morgan fingerprint density at radius 3 is 2.14 bits per heavy atom. The molecule has 148 valence electrons. The van der Waals surface area contributed by atoms with Crippen molar-refractivity contribution in [2.75, 3.05) is 0 Å². The van der Waals surface area contributed by atoms with Crippen LogP contribution >= 0.6 is 15.9 Å². The summed E-state index contributed by atoms with van der Waals surface area (Å²) in [6.45, 7) is 4.31. The Bertz CT molecular complexity index is 1150. The molecule has 1 atom stereocenters. The van der Waals surface area contributed by atoms with Gasteiger partial charge >= 0.3 is 6.18 Å². The molecule has 1 spiro atoms. The van der Waals surface area contributed by atoms with Crippen molar-refractivity contribution in [3.8, 4) is 11.5 Å². The summed E-state index contributed by atoms with van der Waals surface area (Å²) in [7, 11) is 0. The van der Waals surface area contributed by atoms with Gasteiger partial charge in [0.2, 0.25) is 0 Å². The zero-order valence-electron chi connectivity index (χ0n) is 15.9. The first-order chi connectivity index (χ1) is 13.6. The van der Waals surface area contributed by atoms with E-state index in [1.807, 2.05) is 36.4 Å². The van der Waals surface area contributed by atoms with Gasteiger partial charge in [-0.1, -0.05) is 54.0 Å². The van der Waals surface area contributed by atoms with Crippen molar-refractivity contribution < 1.29 is 17.9 Å². The minimum absolute atomic E-state index is 0.195. The van der Waals surface area contributed by atoms with E-state index in [1.165, 1.54) is 12.1 Å². The standard InChI is InChI=1S/C24H18BrF3O/c1-22(2)13-23(17-6-4-3-5-16(17)22)18-11-14(24(26,27)28)7-9-20(18)29-21-10-8-15(25)12-19(21)23/h3-12H,13H2,1-2H3. The number of rotatable bonds is 0. The molecule has 0 saturated carbocycles. The average Bonchev–Trinajstić information content (AvgIpc) is 2.90. The Morgan fingerprint density at radius 1 is 0.828 bits per heavy atom. The highest BCUT2D eigenvalue weighted by atomic mass is 79.9. The molecule has 29 heavy (non-hydrogen) atoms. The van der Waals surface area contributed by atoms with Gasteiger partial charge in [-0.3, -0.25) is 0 Å². The summed E-state index contributed by atoms with van der Waals surface area (Å²) in [4.78, 5) is 0. The fraction of sp³-hybridized carbons (Fsp3) is 0.250. The smallest absolute Gasteiger partial charge is 0.416 e. The van der Waals surface area contributed by atoms with Crippen molar-refractivity contribution in [1.82, 2.24) is 0 Å². The highest BCUT2D eigenvalue weighted by Crippen LogP contribution is 2.62. The largest absolute Gasteiger partial charge is 0.457 e. The molecule has 0 N–H and O–H groups in total. The van der Waals surface area contributed by atoms with Gasteiger partial charge in [-0.25, -0.2) is 0 Å². The van der Waals surface area contributed by atoms with E-state index in [-0.39, 0.29) is 5.41 Å². The third-order valence-corrected chi connectivity index (χ3v) is 6.70. The molecule has 5 rings (SSSR count). The van der Waals surface area contributed by atoms with Crippen LogP contribution in [0, 0.1) is 0 Å². The highest BCUT2D eigenvalue weighted by Gasteiger charge is 2.54. The molecular weight excluding hydrogens is 441 g/mol. The maximum absolute atomic E-state index is 13.6. The molecular formula is C24H18BrF3O. The van der Waals surface area contributed by atoms with Gasteiger partial charge in [0.25, 0.3) is 0 Å². The van der Waals surface area contributed by atoms with Crippen LogP contribution in [0.5, 0.6) is 11.5 Å². The van der Waals surface area contributed by atoms with E-state index in [9.17, 15) is 13.2 Å². The fourth-order valence-corrected chi connectivity index (χ4v) is 5.46. The first-order valence-corrected chi connectivity index (χ1v) is 10.2. The zero-order valence-corrected chi connectivity index (χ0v) is 17.5. The normalized spacial score (nSPS) is 21.3. The highest BCUT2D eigenvalue weighted by molar-refractivity contribution is 9.10. The van der Waals surface area contributed by atoms with E-state index in [1.54, 1.807) is 0 Å². The minimum atomic E-state index is -4.42. The number of alkyl halides is 3. The Hall–Kier alpha value is -2.27. The summed E-state index contributed by atoms with van der Waals surface area (Å²) in [5.41, 5.74) is 2.14. The summed E-state index contributed by atoms with van der Waals surface area (Å²) in [5.74, 6) is 1.17. The molecule has 0 radical (unpaired) electrons. The SMILES string of the molecule is CC1(C)CC2(c3cc(Br)ccc3Oc3ccc(C(F)(F)F)cc32)c2ccccc21. The molecule has 3 aromatic carbocycles. The Balaban J connectivity index is 1.90. The Morgan fingerprint density at radius 2 is 1.45 bits per heavy atom. The van der Waals surface area contributed by atoms with Crippen LogP contribution in [0.1, 0.15) is 48.1 Å². The van der Waals surface area contributed by atoms with Crippen LogP contribution in [-0.2, 0) is 17.0 Å². The first-order valence-electron chi connectivity index (χ1n) is 9.42. The van der Waals surface area contributed by atoms with Crippen LogP contribution in [0.15, 0.2) is 65.1 Å². The van der Waals surface area contributed by atoms with Crippen LogP contribution in [0.25, 0.3) is 0 Å². The van der Waals surface area contributed by atoms with Crippen molar-refractivity contribution in [3.63, 3.8) is 0 Å². The summed E-state index contributed by atoms with van der Waals surface area (Å²) in [5, 5.41) is 0.